The summed E-state index contributed by atoms with van der Waals surface area (Å²) in [6, 6.07) is 1.81. The Hall–Kier alpha value is -2.28. The van der Waals surface area contributed by atoms with Gasteiger partial charge in [-0.2, -0.15) is 0 Å². The summed E-state index contributed by atoms with van der Waals surface area (Å²) in [4.78, 5) is 12.1. The van der Waals surface area contributed by atoms with E-state index in [2.05, 4.69) is 10.4 Å². The number of aromatic nitrogens is 2. The van der Waals surface area contributed by atoms with Crippen LogP contribution in [0.15, 0.2) is 16.7 Å². The summed E-state index contributed by atoms with van der Waals surface area (Å²) < 4.78 is 12.0. The molecule has 7 heteroatoms. The molecule has 0 fully saturated rings. The SMILES string of the molecule is COc1nn(C)cc1C(=O)NCCC(O)c1cc(C)oc1C. The second-order valence-electron chi connectivity index (χ2n) is 5.15. The lowest BCUT2D eigenvalue weighted by atomic mass is 10.1. The molecule has 1 atom stereocenters. The molecule has 0 saturated carbocycles. The van der Waals surface area contributed by atoms with E-state index in [0.29, 0.717) is 24.3 Å². The Labute approximate surface area is 128 Å². The fourth-order valence-electron chi connectivity index (χ4n) is 2.33. The molecule has 120 valence electrons. The van der Waals surface area contributed by atoms with Crippen LogP contribution in [0.1, 0.15) is 40.0 Å². The summed E-state index contributed by atoms with van der Waals surface area (Å²) >= 11 is 0. The molecule has 1 unspecified atom stereocenters. The van der Waals surface area contributed by atoms with Gasteiger partial charge < -0.3 is 19.6 Å². The van der Waals surface area contributed by atoms with Crippen molar-refractivity contribution in [3.63, 3.8) is 0 Å². The van der Waals surface area contributed by atoms with E-state index in [9.17, 15) is 9.90 Å². The molecule has 0 aromatic carbocycles. The molecule has 1 amide bonds. The lowest BCUT2D eigenvalue weighted by molar-refractivity contribution is 0.0939. The number of aliphatic hydroxyl groups excluding tert-OH is 1. The number of carbonyl (C=O) groups excluding carboxylic acids is 1. The largest absolute Gasteiger partial charge is 0.479 e. The molecule has 0 radical (unpaired) electrons. The number of ether oxygens (including phenoxy) is 1. The maximum absolute atomic E-state index is 12.1. The van der Waals surface area contributed by atoms with Gasteiger partial charge in [-0.15, -0.1) is 5.10 Å². The lowest BCUT2D eigenvalue weighted by Crippen LogP contribution is -2.25. The number of aliphatic hydroxyl groups is 1. The highest BCUT2D eigenvalue weighted by Crippen LogP contribution is 2.23. The van der Waals surface area contributed by atoms with Gasteiger partial charge in [0.2, 0.25) is 5.88 Å². The number of nitrogens with zero attached hydrogens (tertiary/aromatic N) is 2. The average molecular weight is 307 g/mol. The van der Waals surface area contributed by atoms with Gasteiger partial charge in [-0.3, -0.25) is 9.48 Å². The number of rotatable bonds is 6. The zero-order chi connectivity index (χ0) is 16.3. The first-order valence-corrected chi connectivity index (χ1v) is 7.03. The van der Waals surface area contributed by atoms with E-state index >= 15 is 0 Å². The van der Waals surface area contributed by atoms with Crippen LogP contribution < -0.4 is 10.1 Å². The van der Waals surface area contributed by atoms with Crippen LogP contribution in [0.2, 0.25) is 0 Å². The maximum atomic E-state index is 12.1. The first-order chi connectivity index (χ1) is 10.4. The molecule has 0 spiro atoms. The van der Waals surface area contributed by atoms with Crippen LogP contribution in [0.3, 0.4) is 0 Å². The molecule has 0 aliphatic heterocycles. The smallest absolute Gasteiger partial charge is 0.258 e. The molecule has 0 saturated heterocycles. The van der Waals surface area contributed by atoms with Crippen LogP contribution in [0.5, 0.6) is 5.88 Å². The number of furan rings is 1. The molecule has 0 aliphatic rings. The van der Waals surface area contributed by atoms with E-state index in [1.165, 1.54) is 11.8 Å². The van der Waals surface area contributed by atoms with E-state index < -0.39 is 6.10 Å². The Bertz CT molecular complexity index is 660. The maximum Gasteiger partial charge on any atom is 0.258 e. The van der Waals surface area contributed by atoms with E-state index in [1.807, 2.05) is 19.9 Å². The third-order valence-electron chi connectivity index (χ3n) is 3.37. The van der Waals surface area contributed by atoms with Crippen LogP contribution in [-0.2, 0) is 7.05 Å². The van der Waals surface area contributed by atoms with Crippen molar-refractivity contribution < 1.29 is 19.1 Å². The molecule has 7 nitrogen and oxygen atoms in total. The third-order valence-corrected chi connectivity index (χ3v) is 3.37. The monoisotopic (exact) mass is 307 g/mol. The molecule has 2 N–H and O–H groups in total. The highest BCUT2D eigenvalue weighted by Gasteiger charge is 2.18. The van der Waals surface area contributed by atoms with Gasteiger partial charge in [-0.25, -0.2) is 0 Å². The highest BCUT2D eigenvalue weighted by atomic mass is 16.5. The molecule has 2 aromatic heterocycles. The van der Waals surface area contributed by atoms with Crippen LogP contribution in [0.25, 0.3) is 0 Å². The Morgan fingerprint density at radius 2 is 2.27 bits per heavy atom. The van der Waals surface area contributed by atoms with Crippen molar-refractivity contribution in [3.8, 4) is 5.88 Å². The van der Waals surface area contributed by atoms with Crippen molar-refractivity contribution in [2.75, 3.05) is 13.7 Å². The van der Waals surface area contributed by atoms with Gasteiger partial charge in [0.1, 0.15) is 17.1 Å². The molecule has 2 heterocycles. The van der Waals surface area contributed by atoms with Crippen molar-refractivity contribution in [3.05, 3.63) is 34.9 Å². The van der Waals surface area contributed by atoms with Gasteiger partial charge in [0.15, 0.2) is 0 Å². The molecular weight excluding hydrogens is 286 g/mol. The molecule has 2 rings (SSSR count). The number of nitrogens with one attached hydrogen (secondary N) is 1. The number of aryl methyl sites for hydroxylation is 3. The predicted molar refractivity (Wildman–Crippen MR) is 79.9 cm³/mol. The summed E-state index contributed by atoms with van der Waals surface area (Å²) in [7, 11) is 3.18. The van der Waals surface area contributed by atoms with Gasteiger partial charge in [0.05, 0.1) is 13.2 Å². The average Bonchev–Trinajstić information content (AvgIpc) is 3.00. The van der Waals surface area contributed by atoms with E-state index in [1.54, 1.807) is 13.2 Å². The number of carbonyl (C=O) groups is 1. The highest BCUT2D eigenvalue weighted by molar-refractivity contribution is 5.96. The molecule has 2 aromatic rings. The quantitative estimate of drug-likeness (QED) is 0.844. The van der Waals surface area contributed by atoms with Crippen LogP contribution in [0, 0.1) is 13.8 Å². The second-order valence-corrected chi connectivity index (χ2v) is 5.15. The van der Waals surface area contributed by atoms with Gasteiger partial charge >= 0.3 is 0 Å². The van der Waals surface area contributed by atoms with Crippen molar-refractivity contribution in [2.24, 2.45) is 7.05 Å². The van der Waals surface area contributed by atoms with E-state index in [0.717, 1.165) is 11.3 Å². The fraction of sp³-hybridized carbons (Fsp3) is 0.467. The second kappa shape index (κ2) is 6.65. The summed E-state index contributed by atoms with van der Waals surface area (Å²) in [5.74, 6) is 1.46. The van der Waals surface area contributed by atoms with E-state index in [4.69, 9.17) is 9.15 Å². The summed E-state index contributed by atoms with van der Waals surface area (Å²) in [5.41, 5.74) is 1.13. The first kappa shape index (κ1) is 16.1. The molecular formula is C15H21N3O4. The Morgan fingerprint density at radius 3 is 2.86 bits per heavy atom. The zero-order valence-electron chi connectivity index (χ0n) is 13.2. The number of hydrogen-bond acceptors (Lipinski definition) is 5. The number of hydrogen-bond donors (Lipinski definition) is 2. The number of methoxy groups -OCH3 is 1. The lowest BCUT2D eigenvalue weighted by Gasteiger charge is -2.10. The summed E-state index contributed by atoms with van der Waals surface area (Å²) in [5, 5.41) is 16.9. The van der Waals surface area contributed by atoms with Crippen molar-refractivity contribution in [2.45, 2.75) is 26.4 Å². The molecule has 0 bridgehead atoms. The van der Waals surface area contributed by atoms with Crippen LogP contribution in [0.4, 0.5) is 0 Å². The standard InChI is InChI=1S/C15H21N3O4/c1-9-7-11(10(2)22-9)13(19)5-6-16-14(20)12-8-18(3)17-15(12)21-4/h7-8,13,19H,5-6H2,1-4H3,(H,16,20). The molecule has 22 heavy (non-hydrogen) atoms. The minimum atomic E-state index is -0.673. The van der Waals surface area contributed by atoms with Crippen molar-refractivity contribution >= 4 is 5.91 Å². The molecule has 0 aliphatic carbocycles. The van der Waals surface area contributed by atoms with E-state index in [-0.39, 0.29) is 11.8 Å². The third kappa shape index (κ3) is 3.48. The van der Waals surface area contributed by atoms with Gasteiger partial charge in [-0.1, -0.05) is 0 Å². The van der Waals surface area contributed by atoms with Gasteiger partial charge in [-0.05, 0) is 26.3 Å². The topological polar surface area (TPSA) is 89.5 Å². The summed E-state index contributed by atoms with van der Waals surface area (Å²) in [6.45, 7) is 3.98. The summed E-state index contributed by atoms with van der Waals surface area (Å²) in [6.07, 6.45) is 1.32. The predicted octanol–water partition coefficient (Wildman–Crippen LogP) is 1.49. The Balaban J connectivity index is 1.90. The van der Waals surface area contributed by atoms with Crippen molar-refractivity contribution in [1.29, 1.82) is 0 Å². The van der Waals surface area contributed by atoms with Gasteiger partial charge in [0, 0.05) is 25.4 Å². The normalized spacial score (nSPS) is 12.2. The zero-order valence-corrected chi connectivity index (χ0v) is 13.2. The minimum Gasteiger partial charge on any atom is -0.479 e. The number of amides is 1. The fourth-order valence-corrected chi connectivity index (χ4v) is 2.33. The Morgan fingerprint density at radius 1 is 1.55 bits per heavy atom. The van der Waals surface area contributed by atoms with Gasteiger partial charge in [0.25, 0.3) is 5.91 Å². The first-order valence-electron chi connectivity index (χ1n) is 7.03. The minimum absolute atomic E-state index is 0.279. The van der Waals surface area contributed by atoms with Crippen LogP contribution in [-0.4, -0.2) is 34.4 Å². The van der Waals surface area contributed by atoms with Crippen LogP contribution >= 0.6 is 0 Å². The van der Waals surface area contributed by atoms with Crippen molar-refractivity contribution in [1.82, 2.24) is 15.1 Å². The Kier molecular flexibility index (Phi) is 4.87.